The van der Waals surface area contributed by atoms with Crippen LogP contribution in [0.25, 0.3) is 10.2 Å². The normalized spacial score (nSPS) is 13.4. The van der Waals surface area contributed by atoms with Crippen LogP contribution >= 0.6 is 23.1 Å². The monoisotopic (exact) mass is 344 g/mol. The van der Waals surface area contributed by atoms with Crippen LogP contribution in [0.4, 0.5) is 4.39 Å². The van der Waals surface area contributed by atoms with Gasteiger partial charge in [0.25, 0.3) is 0 Å². The van der Waals surface area contributed by atoms with Gasteiger partial charge in [-0.05, 0) is 49.1 Å². The Balaban J connectivity index is 1.58. The lowest BCUT2D eigenvalue weighted by Crippen LogP contribution is -2.02. The number of carbonyl (C=O) groups excluding carboxylic acids is 1. The zero-order chi connectivity index (χ0) is 15.8. The Morgan fingerprint density at radius 1 is 1.22 bits per heavy atom. The molecular weight excluding hydrogens is 331 g/mol. The Kier molecular flexibility index (Phi) is 3.87. The molecule has 0 fully saturated rings. The minimum Gasteiger partial charge on any atom is -0.293 e. The molecule has 6 heteroatoms. The Labute approximate surface area is 141 Å². The van der Waals surface area contributed by atoms with E-state index in [2.05, 4.69) is 9.97 Å². The summed E-state index contributed by atoms with van der Waals surface area (Å²) in [5.74, 6) is -0.0586. The molecule has 23 heavy (non-hydrogen) atoms. The number of hydrogen-bond donors (Lipinski definition) is 0. The van der Waals surface area contributed by atoms with E-state index in [0.717, 1.165) is 28.1 Å². The van der Waals surface area contributed by atoms with Gasteiger partial charge in [-0.15, -0.1) is 11.3 Å². The average Bonchev–Trinajstić information content (AvgIpc) is 3.14. The van der Waals surface area contributed by atoms with Crippen LogP contribution in [0.5, 0.6) is 0 Å². The standard InChI is InChI=1S/C17H13FN2OS2/c18-11-6-4-10(5-7-11)13(21)8-22-16-15-12-2-1-3-14(12)23-17(15)20-9-19-16/h4-7,9H,1-3,8H2. The maximum absolute atomic E-state index is 12.9. The number of benzene rings is 1. The Hall–Kier alpha value is -1.79. The number of halogens is 1. The van der Waals surface area contributed by atoms with Crippen molar-refractivity contribution in [2.24, 2.45) is 0 Å². The number of fused-ring (bicyclic) bond motifs is 3. The molecule has 0 radical (unpaired) electrons. The van der Waals surface area contributed by atoms with E-state index >= 15 is 0 Å². The fourth-order valence-electron chi connectivity index (χ4n) is 2.86. The summed E-state index contributed by atoms with van der Waals surface area (Å²) in [5.41, 5.74) is 1.89. The summed E-state index contributed by atoms with van der Waals surface area (Å²) in [6, 6.07) is 5.67. The van der Waals surface area contributed by atoms with Gasteiger partial charge in [0.15, 0.2) is 5.78 Å². The van der Waals surface area contributed by atoms with E-state index in [1.165, 1.54) is 52.9 Å². The minimum atomic E-state index is -0.333. The molecule has 3 nitrogen and oxygen atoms in total. The highest BCUT2D eigenvalue weighted by molar-refractivity contribution is 8.00. The maximum atomic E-state index is 12.9. The number of hydrogen-bond acceptors (Lipinski definition) is 5. The van der Waals surface area contributed by atoms with Crippen molar-refractivity contribution in [3.63, 3.8) is 0 Å². The topological polar surface area (TPSA) is 42.9 Å². The molecule has 0 unspecified atom stereocenters. The van der Waals surface area contributed by atoms with Gasteiger partial charge in [0.1, 0.15) is 22.0 Å². The van der Waals surface area contributed by atoms with Crippen LogP contribution in [-0.4, -0.2) is 21.5 Å². The van der Waals surface area contributed by atoms with Gasteiger partial charge in [0.2, 0.25) is 0 Å². The van der Waals surface area contributed by atoms with Crippen molar-refractivity contribution in [1.82, 2.24) is 9.97 Å². The SMILES string of the molecule is O=C(CSc1ncnc2sc3c(c12)CCC3)c1ccc(F)cc1. The lowest BCUT2D eigenvalue weighted by atomic mass is 10.1. The number of rotatable bonds is 4. The van der Waals surface area contributed by atoms with Crippen LogP contribution in [0.3, 0.4) is 0 Å². The molecule has 0 amide bonds. The van der Waals surface area contributed by atoms with Crippen molar-refractivity contribution < 1.29 is 9.18 Å². The minimum absolute atomic E-state index is 0.0198. The number of thiophene rings is 1. The van der Waals surface area contributed by atoms with Crippen LogP contribution in [0.1, 0.15) is 27.2 Å². The highest BCUT2D eigenvalue weighted by Gasteiger charge is 2.21. The van der Waals surface area contributed by atoms with Crippen molar-refractivity contribution in [3.8, 4) is 0 Å². The van der Waals surface area contributed by atoms with Gasteiger partial charge in [-0.25, -0.2) is 14.4 Å². The first-order valence-electron chi connectivity index (χ1n) is 7.39. The summed E-state index contributed by atoms with van der Waals surface area (Å²) in [4.78, 5) is 23.4. The van der Waals surface area contributed by atoms with Gasteiger partial charge in [-0.2, -0.15) is 0 Å². The lowest BCUT2D eigenvalue weighted by Gasteiger charge is -2.04. The molecule has 0 saturated carbocycles. The molecule has 0 spiro atoms. The molecule has 116 valence electrons. The fraction of sp³-hybridized carbons (Fsp3) is 0.235. The summed E-state index contributed by atoms with van der Waals surface area (Å²) in [6.45, 7) is 0. The molecule has 2 heterocycles. The smallest absolute Gasteiger partial charge is 0.173 e. The Morgan fingerprint density at radius 2 is 2.04 bits per heavy atom. The van der Waals surface area contributed by atoms with E-state index in [4.69, 9.17) is 0 Å². The predicted octanol–water partition coefficient (Wildman–Crippen LogP) is 4.29. The van der Waals surface area contributed by atoms with Gasteiger partial charge in [-0.1, -0.05) is 11.8 Å². The molecule has 0 aliphatic heterocycles. The van der Waals surface area contributed by atoms with Gasteiger partial charge in [0.05, 0.1) is 5.75 Å². The number of aromatic nitrogens is 2. The molecule has 0 atom stereocenters. The lowest BCUT2D eigenvalue weighted by molar-refractivity contribution is 0.102. The summed E-state index contributed by atoms with van der Waals surface area (Å²) in [6.07, 6.45) is 4.94. The Bertz CT molecular complexity index is 889. The van der Waals surface area contributed by atoms with Crippen LogP contribution in [0.15, 0.2) is 35.6 Å². The highest BCUT2D eigenvalue weighted by Crippen LogP contribution is 2.40. The molecule has 0 N–H and O–H groups in total. The number of Topliss-reactive ketones (excluding diaryl/α,β-unsaturated/α-hetero) is 1. The van der Waals surface area contributed by atoms with E-state index in [1.807, 2.05) is 0 Å². The second-order valence-corrected chi connectivity index (χ2v) is 7.48. The molecule has 1 aromatic carbocycles. The summed E-state index contributed by atoms with van der Waals surface area (Å²) < 4.78 is 12.9. The molecule has 0 bridgehead atoms. The van der Waals surface area contributed by atoms with E-state index in [0.29, 0.717) is 11.3 Å². The number of carbonyl (C=O) groups is 1. The van der Waals surface area contributed by atoms with Crippen molar-refractivity contribution in [1.29, 1.82) is 0 Å². The summed E-state index contributed by atoms with van der Waals surface area (Å²) >= 11 is 3.18. The first-order valence-corrected chi connectivity index (χ1v) is 9.19. The molecular formula is C17H13FN2OS2. The number of nitrogens with zero attached hydrogens (tertiary/aromatic N) is 2. The van der Waals surface area contributed by atoms with Crippen LogP contribution in [-0.2, 0) is 12.8 Å². The second-order valence-electron chi connectivity index (χ2n) is 5.44. The molecule has 0 saturated heterocycles. The third kappa shape index (κ3) is 2.77. The van der Waals surface area contributed by atoms with Crippen LogP contribution < -0.4 is 0 Å². The third-order valence-electron chi connectivity index (χ3n) is 3.97. The van der Waals surface area contributed by atoms with Crippen molar-refractivity contribution >= 4 is 39.1 Å². The van der Waals surface area contributed by atoms with Crippen LogP contribution in [0, 0.1) is 5.82 Å². The number of aryl methyl sites for hydroxylation is 2. The number of ketones is 1. The first kappa shape index (κ1) is 14.8. The quantitative estimate of drug-likeness (QED) is 0.402. The fourth-order valence-corrected chi connectivity index (χ4v) is 5.08. The average molecular weight is 344 g/mol. The Morgan fingerprint density at radius 3 is 2.87 bits per heavy atom. The van der Waals surface area contributed by atoms with Crippen molar-refractivity contribution in [2.75, 3.05) is 5.75 Å². The van der Waals surface area contributed by atoms with E-state index in [9.17, 15) is 9.18 Å². The van der Waals surface area contributed by atoms with Gasteiger partial charge in [0, 0.05) is 15.8 Å². The number of thioether (sulfide) groups is 1. The van der Waals surface area contributed by atoms with Crippen molar-refractivity contribution in [3.05, 3.63) is 52.4 Å². The van der Waals surface area contributed by atoms with Gasteiger partial charge >= 0.3 is 0 Å². The van der Waals surface area contributed by atoms with E-state index in [-0.39, 0.29) is 11.6 Å². The molecule has 4 rings (SSSR count). The zero-order valence-corrected chi connectivity index (χ0v) is 13.8. The van der Waals surface area contributed by atoms with Gasteiger partial charge in [-0.3, -0.25) is 4.79 Å². The second kappa shape index (κ2) is 6.02. The summed E-state index contributed by atoms with van der Waals surface area (Å²) in [5, 5.41) is 2.01. The summed E-state index contributed by atoms with van der Waals surface area (Å²) in [7, 11) is 0. The largest absolute Gasteiger partial charge is 0.293 e. The first-order chi connectivity index (χ1) is 11.2. The van der Waals surface area contributed by atoms with Crippen molar-refractivity contribution in [2.45, 2.75) is 24.3 Å². The third-order valence-corrected chi connectivity index (χ3v) is 6.16. The van der Waals surface area contributed by atoms with Crippen LogP contribution in [0.2, 0.25) is 0 Å². The highest BCUT2D eigenvalue weighted by atomic mass is 32.2. The maximum Gasteiger partial charge on any atom is 0.173 e. The van der Waals surface area contributed by atoms with E-state index < -0.39 is 0 Å². The molecule has 3 aromatic rings. The predicted molar refractivity (Wildman–Crippen MR) is 90.9 cm³/mol. The zero-order valence-electron chi connectivity index (χ0n) is 12.2. The molecule has 1 aliphatic carbocycles. The molecule has 1 aliphatic rings. The molecule has 2 aromatic heterocycles. The van der Waals surface area contributed by atoms with E-state index in [1.54, 1.807) is 17.7 Å². The van der Waals surface area contributed by atoms with Gasteiger partial charge < -0.3 is 0 Å².